The van der Waals surface area contributed by atoms with Crippen LogP contribution in [-0.2, 0) is 22.7 Å². The van der Waals surface area contributed by atoms with Gasteiger partial charge in [0, 0.05) is 32.1 Å². The minimum absolute atomic E-state index is 0.183. The summed E-state index contributed by atoms with van der Waals surface area (Å²) in [5.41, 5.74) is 2.38. The first kappa shape index (κ1) is 23.3. The predicted octanol–water partition coefficient (Wildman–Crippen LogP) is 3.11. The van der Waals surface area contributed by atoms with Gasteiger partial charge in [0.1, 0.15) is 6.61 Å². The Balaban J connectivity index is 1.57. The molecule has 1 heterocycles. The van der Waals surface area contributed by atoms with E-state index in [1.807, 2.05) is 67.3 Å². The Morgan fingerprint density at radius 2 is 1.88 bits per heavy atom. The zero-order chi connectivity index (χ0) is 22.8. The van der Waals surface area contributed by atoms with Crippen LogP contribution in [0.2, 0.25) is 0 Å². The van der Waals surface area contributed by atoms with Gasteiger partial charge in [-0.25, -0.2) is 9.79 Å². The fraction of sp³-hybridized carbons (Fsp3) is 0.400. The van der Waals surface area contributed by atoms with Crippen molar-refractivity contribution in [2.24, 2.45) is 4.99 Å². The summed E-state index contributed by atoms with van der Waals surface area (Å²) in [6.07, 6.45) is 1.43. The van der Waals surface area contributed by atoms with Gasteiger partial charge in [-0.05, 0) is 36.6 Å². The number of likely N-dealkylation sites (tertiary alicyclic amines) is 1. The Hall–Kier alpha value is -3.35. The SMILES string of the molecule is CCNC(=NCc1cccc(C(=O)OCc2ccccc2)c1)NC1CCN(C(=O)CC)C1. The zero-order valence-electron chi connectivity index (χ0n) is 18.8. The summed E-state index contributed by atoms with van der Waals surface area (Å²) in [5, 5.41) is 6.68. The van der Waals surface area contributed by atoms with E-state index in [2.05, 4.69) is 15.6 Å². The number of esters is 1. The average molecular weight is 437 g/mol. The van der Waals surface area contributed by atoms with E-state index in [-0.39, 0.29) is 24.5 Å². The van der Waals surface area contributed by atoms with Crippen LogP contribution in [0.15, 0.2) is 59.6 Å². The molecule has 1 amide bonds. The number of rotatable bonds is 8. The molecule has 1 aliphatic rings. The molecule has 1 unspecified atom stereocenters. The second-order valence-electron chi connectivity index (χ2n) is 7.78. The molecule has 170 valence electrons. The van der Waals surface area contributed by atoms with Crippen LogP contribution in [0.4, 0.5) is 0 Å². The molecule has 1 atom stereocenters. The van der Waals surface area contributed by atoms with Crippen LogP contribution in [0, 0.1) is 0 Å². The van der Waals surface area contributed by atoms with Crippen LogP contribution >= 0.6 is 0 Å². The van der Waals surface area contributed by atoms with Gasteiger partial charge < -0.3 is 20.3 Å². The number of amides is 1. The zero-order valence-corrected chi connectivity index (χ0v) is 18.8. The molecule has 1 aliphatic heterocycles. The van der Waals surface area contributed by atoms with Crippen molar-refractivity contribution in [3.63, 3.8) is 0 Å². The molecule has 7 nitrogen and oxygen atoms in total. The van der Waals surface area contributed by atoms with Gasteiger partial charge in [-0.3, -0.25) is 4.79 Å². The molecule has 2 N–H and O–H groups in total. The second-order valence-corrected chi connectivity index (χ2v) is 7.78. The molecule has 0 spiro atoms. The van der Waals surface area contributed by atoms with E-state index >= 15 is 0 Å². The first-order chi connectivity index (χ1) is 15.6. The number of carbonyl (C=O) groups excluding carboxylic acids is 2. The number of nitrogens with zero attached hydrogens (tertiary/aromatic N) is 2. The Kier molecular flexibility index (Phi) is 8.66. The number of benzene rings is 2. The van der Waals surface area contributed by atoms with Crippen molar-refractivity contribution in [2.75, 3.05) is 19.6 Å². The van der Waals surface area contributed by atoms with Crippen molar-refractivity contribution in [1.29, 1.82) is 0 Å². The Morgan fingerprint density at radius 3 is 2.62 bits per heavy atom. The van der Waals surface area contributed by atoms with Crippen molar-refractivity contribution >= 4 is 17.8 Å². The van der Waals surface area contributed by atoms with E-state index < -0.39 is 0 Å². The minimum Gasteiger partial charge on any atom is -0.457 e. The van der Waals surface area contributed by atoms with Crippen molar-refractivity contribution in [3.8, 4) is 0 Å². The molecule has 32 heavy (non-hydrogen) atoms. The monoisotopic (exact) mass is 436 g/mol. The number of guanidine groups is 1. The lowest BCUT2D eigenvalue weighted by atomic mass is 10.1. The number of nitrogens with one attached hydrogen (secondary N) is 2. The maximum Gasteiger partial charge on any atom is 0.338 e. The van der Waals surface area contributed by atoms with Crippen molar-refractivity contribution in [3.05, 3.63) is 71.3 Å². The summed E-state index contributed by atoms with van der Waals surface area (Å²) in [4.78, 5) is 30.9. The van der Waals surface area contributed by atoms with E-state index in [0.29, 0.717) is 31.0 Å². The maximum atomic E-state index is 12.4. The first-order valence-electron chi connectivity index (χ1n) is 11.2. The van der Waals surface area contributed by atoms with E-state index in [1.54, 1.807) is 6.07 Å². The molecule has 7 heteroatoms. The molecular weight excluding hydrogens is 404 g/mol. The highest BCUT2D eigenvalue weighted by atomic mass is 16.5. The average Bonchev–Trinajstić information content (AvgIpc) is 3.30. The third kappa shape index (κ3) is 6.83. The summed E-state index contributed by atoms with van der Waals surface area (Å²) in [6.45, 7) is 6.79. The number of ether oxygens (including phenoxy) is 1. The van der Waals surface area contributed by atoms with E-state index in [1.165, 1.54) is 0 Å². The van der Waals surface area contributed by atoms with Crippen LogP contribution in [0.25, 0.3) is 0 Å². The third-order valence-electron chi connectivity index (χ3n) is 5.32. The lowest BCUT2D eigenvalue weighted by Gasteiger charge is -2.18. The van der Waals surface area contributed by atoms with Crippen LogP contribution in [0.5, 0.6) is 0 Å². The standard InChI is InChI=1S/C25H32N4O3/c1-3-23(30)29-14-13-22(17-29)28-25(26-4-2)27-16-20-11-8-12-21(15-20)24(31)32-18-19-9-6-5-7-10-19/h5-12,15,22H,3-4,13-14,16-18H2,1-2H3,(H2,26,27,28). The molecule has 2 aromatic rings. The summed E-state index contributed by atoms with van der Waals surface area (Å²) in [6, 6.07) is 17.2. The van der Waals surface area contributed by atoms with Gasteiger partial charge in [-0.2, -0.15) is 0 Å². The van der Waals surface area contributed by atoms with E-state index in [9.17, 15) is 9.59 Å². The molecule has 0 radical (unpaired) electrons. The maximum absolute atomic E-state index is 12.4. The van der Waals surface area contributed by atoms with Crippen molar-refractivity contribution < 1.29 is 14.3 Å². The molecular formula is C25H32N4O3. The van der Waals surface area contributed by atoms with Crippen molar-refractivity contribution in [2.45, 2.75) is 45.9 Å². The smallest absolute Gasteiger partial charge is 0.338 e. The lowest BCUT2D eigenvalue weighted by molar-refractivity contribution is -0.129. The van der Waals surface area contributed by atoms with Gasteiger partial charge >= 0.3 is 5.97 Å². The Labute approximate surface area is 189 Å². The summed E-state index contributed by atoms with van der Waals surface area (Å²) >= 11 is 0. The summed E-state index contributed by atoms with van der Waals surface area (Å²) in [5.74, 6) is 0.545. The molecule has 0 bridgehead atoms. The second kappa shape index (κ2) is 11.9. The highest BCUT2D eigenvalue weighted by Crippen LogP contribution is 2.12. The molecule has 0 saturated carbocycles. The number of aliphatic imine (C=N–C) groups is 1. The predicted molar refractivity (Wildman–Crippen MR) is 125 cm³/mol. The number of hydrogen-bond donors (Lipinski definition) is 2. The Morgan fingerprint density at radius 1 is 1.09 bits per heavy atom. The quantitative estimate of drug-likeness (QED) is 0.377. The van der Waals surface area contributed by atoms with Gasteiger partial charge in [0.15, 0.2) is 5.96 Å². The fourth-order valence-electron chi connectivity index (χ4n) is 3.62. The van der Waals surface area contributed by atoms with Gasteiger partial charge in [0.05, 0.1) is 12.1 Å². The van der Waals surface area contributed by atoms with Gasteiger partial charge in [-0.15, -0.1) is 0 Å². The molecule has 1 saturated heterocycles. The highest BCUT2D eigenvalue weighted by Gasteiger charge is 2.25. The van der Waals surface area contributed by atoms with Crippen LogP contribution < -0.4 is 10.6 Å². The molecule has 1 fully saturated rings. The fourth-order valence-corrected chi connectivity index (χ4v) is 3.62. The molecule has 2 aromatic carbocycles. The van der Waals surface area contributed by atoms with Gasteiger partial charge in [0.25, 0.3) is 0 Å². The largest absolute Gasteiger partial charge is 0.457 e. The molecule has 0 aliphatic carbocycles. The minimum atomic E-state index is -0.351. The van der Waals surface area contributed by atoms with Gasteiger partial charge in [-0.1, -0.05) is 49.4 Å². The van der Waals surface area contributed by atoms with Crippen LogP contribution in [0.1, 0.15) is 48.2 Å². The first-order valence-corrected chi connectivity index (χ1v) is 11.2. The Bertz CT molecular complexity index is 930. The van der Waals surface area contributed by atoms with E-state index in [0.717, 1.165) is 30.6 Å². The number of hydrogen-bond acceptors (Lipinski definition) is 4. The van der Waals surface area contributed by atoms with Crippen LogP contribution in [0.3, 0.4) is 0 Å². The third-order valence-corrected chi connectivity index (χ3v) is 5.32. The topological polar surface area (TPSA) is 83.0 Å². The van der Waals surface area contributed by atoms with E-state index in [4.69, 9.17) is 4.74 Å². The van der Waals surface area contributed by atoms with Crippen LogP contribution in [-0.4, -0.2) is 48.4 Å². The summed E-state index contributed by atoms with van der Waals surface area (Å²) < 4.78 is 5.43. The molecule has 3 rings (SSSR count). The van der Waals surface area contributed by atoms with Gasteiger partial charge in [0.2, 0.25) is 5.91 Å². The normalized spacial score (nSPS) is 16.0. The van der Waals surface area contributed by atoms with Crippen molar-refractivity contribution in [1.82, 2.24) is 15.5 Å². The highest BCUT2D eigenvalue weighted by molar-refractivity contribution is 5.89. The summed E-state index contributed by atoms with van der Waals surface area (Å²) in [7, 11) is 0. The number of carbonyl (C=O) groups is 2. The molecule has 0 aromatic heterocycles. The lowest BCUT2D eigenvalue weighted by Crippen LogP contribution is -2.45.